The molecule has 0 bridgehead atoms. The average molecular weight is 303 g/mol. The van der Waals surface area contributed by atoms with E-state index in [9.17, 15) is 9.59 Å². The molecule has 0 radical (unpaired) electrons. The number of carbonyl (C=O) groups excluding carboxylic acids is 2. The van der Waals surface area contributed by atoms with Gasteiger partial charge in [-0.25, -0.2) is 4.79 Å². The second kappa shape index (κ2) is 7.29. The highest BCUT2D eigenvalue weighted by Crippen LogP contribution is 2.27. The third kappa shape index (κ3) is 4.23. The quantitative estimate of drug-likeness (QED) is 0.928. The van der Waals surface area contributed by atoms with Crippen LogP contribution in [0.5, 0.6) is 0 Å². The van der Waals surface area contributed by atoms with E-state index in [-0.39, 0.29) is 18.5 Å². The van der Waals surface area contributed by atoms with Crippen molar-refractivity contribution in [2.24, 2.45) is 0 Å². The molecule has 1 aliphatic rings. The second-order valence-corrected chi connectivity index (χ2v) is 6.15. The number of hydrogen-bond acceptors (Lipinski definition) is 2. The predicted octanol–water partition coefficient (Wildman–Crippen LogP) is 1.97. The Morgan fingerprint density at radius 1 is 1.36 bits per heavy atom. The van der Waals surface area contributed by atoms with Gasteiger partial charge in [-0.1, -0.05) is 29.8 Å². The Morgan fingerprint density at radius 2 is 2.14 bits per heavy atom. The summed E-state index contributed by atoms with van der Waals surface area (Å²) in [5, 5.41) is 2.71. The SMILES string of the molecule is Cc1cccc([C@@H]2CCCN(C(=O)NCC(=O)N(C)C)C2)c1. The number of aryl methyl sites for hydroxylation is 1. The lowest BCUT2D eigenvalue weighted by molar-refractivity contribution is -0.127. The lowest BCUT2D eigenvalue weighted by atomic mass is 9.90. The van der Waals surface area contributed by atoms with Crippen molar-refractivity contribution in [2.45, 2.75) is 25.7 Å². The highest BCUT2D eigenvalue weighted by molar-refractivity contribution is 5.83. The van der Waals surface area contributed by atoms with Crippen LogP contribution in [0.4, 0.5) is 4.79 Å². The number of amides is 3. The molecule has 1 atom stereocenters. The molecule has 1 aliphatic heterocycles. The van der Waals surface area contributed by atoms with Crippen LogP contribution in [-0.4, -0.2) is 55.5 Å². The maximum absolute atomic E-state index is 12.2. The first kappa shape index (κ1) is 16.3. The fourth-order valence-electron chi connectivity index (χ4n) is 2.78. The summed E-state index contributed by atoms with van der Waals surface area (Å²) in [7, 11) is 3.37. The first-order valence-electron chi connectivity index (χ1n) is 7.77. The zero-order valence-corrected chi connectivity index (χ0v) is 13.6. The molecule has 0 aromatic heterocycles. The zero-order chi connectivity index (χ0) is 16.1. The molecule has 0 unspecified atom stereocenters. The normalized spacial score (nSPS) is 18.0. The molecule has 120 valence electrons. The highest BCUT2D eigenvalue weighted by atomic mass is 16.2. The zero-order valence-electron chi connectivity index (χ0n) is 13.6. The van der Waals surface area contributed by atoms with Crippen LogP contribution in [0.3, 0.4) is 0 Å². The van der Waals surface area contributed by atoms with E-state index in [1.54, 1.807) is 14.1 Å². The van der Waals surface area contributed by atoms with E-state index >= 15 is 0 Å². The molecule has 0 aliphatic carbocycles. The van der Waals surface area contributed by atoms with Crippen molar-refractivity contribution in [1.82, 2.24) is 15.1 Å². The van der Waals surface area contributed by atoms with Gasteiger partial charge in [0, 0.05) is 33.1 Å². The van der Waals surface area contributed by atoms with Crippen molar-refractivity contribution in [3.05, 3.63) is 35.4 Å². The van der Waals surface area contributed by atoms with E-state index in [0.29, 0.717) is 12.5 Å². The largest absolute Gasteiger partial charge is 0.347 e. The summed E-state index contributed by atoms with van der Waals surface area (Å²) >= 11 is 0. The van der Waals surface area contributed by atoms with E-state index in [1.807, 2.05) is 4.90 Å². The molecule has 22 heavy (non-hydrogen) atoms. The molecule has 1 aromatic rings. The molecule has 5 nitrogen and oxygen atoms in total. The lowest BCUT2D eigenvalue weighted by Gasteiger charge is -2.33. The highest BCUT2D eigenvalue weighted by Gasteiger charge is 2.25. The van der Waals surface area contributed by atoms with E-state index < -0.39 is 0 Å². The monoisotopic (exact) mass is 303 g/mol. The lowest BCUT2D eigenvalue weighted by Crippen LogP contribution is -2.47. The van der Waals surface area contributed by atoms with Gasteiger partial charge in [-0.3, -0.25) is 4.79 Å². The van der Waals surface area contributed by atoms with Gasteiger partial charge in [-0.05, 0) is 25.3 Å². The minimum absolute atomic E-state index is 0.0530. The number of piperidine rings is 1. The van der Waals surface area contributed by atoms with Crippen molar-refractivity contribution in [3.63, 3.8) is 0 Å². The van der Waals surface area contributed by atoms with Crippen molar-refractivity contribution in [3.8, 4) is 0 Å². The Hall–Kier alpha value is -2.04. The Balaban J connectivity index is 1.92. The van der Waals surface area contributed by atoms with E-state index in [1.165, 1.54) is 16.0 Å². The molecule has 5 heteroatoms. The summed E-state index contributed by atoms with van der Waals surface area (Å²) in [4.78, 5) is 27.1. The van der Waals surface area contributed by atoms with Crippen molar-refractivity contribution >= 4 is 11.9 Å². The van der Waals surface area contributed by atoms with Gasteiger partial charge in [0.2, 0.25) is 5.91 Å². The predicted molar refractivity (Wildman–Crippen MR) is 86.8 cm³/mol. The van der Waals surface area contributed by atoms with Crippen LogP contribution in [0.2, 0.25) is 0 Å². The second-order valence-electron chi connectivity index (χ2n) is 6.15. The van der Waals surface area contributed by atoms with Gasteiger partial charge in [-0.15, -0.1) is 0 Å². The van der Waals surface area contributed by atoms with Crippen molar-refractivity contribution < 1.29 is 9.59 Å². The van der Waals surface area contributed by atoms with E-state index in [0.717, 1.165) is 19.4 Å². The van der Waals surface area contributed by atoms with Crippen LogP contribution < -0.4 is 5.32 Å². The Bertz CT molecular complexity index is 542. The number of likely N-dealkylation sites (N-methyl/N-ethyl adjacent to an activating group) is 1. The summed E-state index contributed by atoms with van der Waals surface area (Å²) < 4.78 is 0. The number of urea groups is 1. The van der Waals surface area contributed by atoms with Crippen LogP contribution in [0.25, 0.3) is 0 Å². The molecule has 1 N–H and O–H groups in total. The minimum atomic E-state index is -0.146. The van der Waals surface area contributed by atoms with Gasteiger partial charge in [0.1, 0.15) is 0 Å². The molecular formula is C17H25N3O2. The number of rotatable bonds is 3. The van der Waals surface area contributed by atoms with Gasteiger partial charge >= 0.3 is 6.03 Å². The molecule has 2 rings (SSSR count). The Morgan fingerprint density at radius 3 is 2.82 bits per heavy atom. The number of nitrogens with one attached hydrogen (secondary N) is 1. The first-order valence-corrected chi connectivity index (χ1v) is 7.77. The summed E-state index contributed by atoms with van der Waals surface area (Å²) in [5.41, 5.74) is 2.54. The van der Waals surface area contributed by atoms with Gasteiger partial charge in [0.25, 0.3) is 0 Å². The molecule has 1 aromatic carbocycles. The number of likely N-dealkylation sites (tertiary alicyclic amines) is 1. The number of nitrogens with zero attached hydrogens (tertiary/aromatic N) is 2. The van der Waals surface area contributed by atoms with Crippen molar-refractivity contribution in [1.29, 1.82) is 0 Å². The smallest absolute Gasteiger partial charge is 0.317 e. The van der Waals surface area contributed by atoms with E-state index in [2.05, 4.69) is 36.5 Å². The topological polar surface area (TPSA) is 52.7 Å². The molecule has 1 fully saturated rings. The summed E-state index contributed by atoms with van der Waals surface area (Å²) in [6, 6.07) is 8.34. The molecule has 0 saturated carbocycles. The van der Waals surface area contributed by atoms with Crippen LogP contribution in [0.15, 0.2) is 24.3 Å². The Labute approximate surface area is 132 Å². The summed E-state index contributed by atoms with van der Waals surface area (Å²) in [6.45, 7) is 3.61. The third-order valence-electron chi connectivity index (χ3n) is 4.11. The van der Waals surface area contributed by atoms with Crippen LogP contribution in [0, 0.1) is 6.92 Å². The van der Waals surface area contributed by atoms with Gasteiger partial charge < -0.3 is 15.1 Å². The fraction of sp³-hybridized carbons (Fsp3) is 0.529. The molecule has 1 saturated heterocycles. The third-order valence-corrected chi connectivity index (χ3v) is 4.11. The van der Waals surface area contributed by atoms with E-state index in [4.69, 9.17) is 0 Å². The summed E-state index contributed by atoms with van der Waals surface area (Å²) in [5.74, 6) is 0.282. The van der Waals surface area contributed by atoms with Crippen LogP contribution >= 0.6 is 0 Å². The van der Waals surface area contributed by atoms with Crippen molar-refractivity contribution in [2.75, 3.05) is 33.7 Å². The van der Waals surface area contributed by atoms with Crippen LogP contribution in [0.1, 0.15) is 29.9 Å². The molecule has 0 spiro atoms. The number of benzene rings is 1. The average Bonchev–Trinajstić information content (AvgIpc) is 2.52. The van der Waals surface area contributed by atoms with Gasteiger partial charge in [0.15, 0.2) is 0 Å². The van der Waals surface area contributed by atoms with Gasteiger partial charge in [0.05, 0.1) is 6.54 Å². The maximum Gasteiger partial charge on any atom is 0.317 e. The van der Waals surface area contributed by atoms with Crippen LogP contribution in [-0.2, 0) is 4.79 Å². The Kier molecular flexibility index (Phi) is 5.41. The number of carbonyl (C=O) groups is 2. The molecule has 3 amide bonds. The maximum atomic E-state index is 12.2. The fourth-order valence-corrected chi connectivity index (χ4v) is 2.78. The first-order chi connectivity index (χ1) is 10.5. The standard InChI is InChI=1S/C17H25N3O2/c1-13-6-4-7-14(10-13)15-8-5-9-20(12-15)17(22)18-11-16(21)19(2)3/h4,6-7,10,15H,5,8-9,11-12H2,1-3H3,(H,18,22)/t15-/m1/s1. The molecule has 1 heterocycles. The summed E-state index contributed by atoms with van der Waals surface area (Å²) in [6.07, 6.45) is 2.09. The number of hydrogen-bond donors (Lipinski definition) is 1. The minimum Gasteiger partial charge on any atom is -0.347 e. The van der Waals surface area contributed by atoms with Gasteiger partial charge in [-0.2, -0.15) is 0 Å². The molecular weight excluding hydrogens is 278 g/mol.